The normalized spacial score (nSPS) is 15.6. The summed E-state index contributed by atoms with van der Waals surface area (Å²) in [6, 6.07) is 13.4. The number of nitriles is 1. The zero-order valence-corrected chi connectivity index (χ0v) is 24.3. The molecule has 1 aliphatic carbocycles. The molecule has 5 amide bonds. The number of nitrogens with one attached hydrogen (secondary N) is 1. The van der Waals surface area contributed by atoms with Gasteiger partial charge in [0.25, 0.3) is 5.91 Å². The van der Waals surface area contributed by atoms with E-state index in [2.05, 4.69) is 5.32 Å². The number of aryl methyl sites for hydroxylation is 1. The van der Waals surface area contributed by atoms with Gasteiger partial charge < -0.3 is 25.0 Å². The van der Waals surface area contributed by atoms with Crippen LogP contribution in [0.4, 0.5) is 16.4 Å². The van der Waals surface area contributed by atoms with E-state index in [0.717, 1.165) is 25.7 Å². The Morgan fingerprint density at radius 2 is 1.67 bits per heavy atom. The van der Waals surface area contributed by atoms with Crippen LogP contribution in [-0.2, 0) is 16.1 Å². The second kappa shape index (κ2) is 12.9. The molecule has 12 nitrogen and oxygen atoms in total. The highest BCUT2D eigenvalue weighted by atomic mass is 16.2. The number of nitrogens with zero attached hydrogens (tertiary/aromatic N) is 6. The Labute approximate surface area is 250 Å². The number of aromatic nitrogens is 2. The van der Waals surface area contributed by atoms with Crippen LogP contribution in [0.15, 0.2) is 42.5 Å². The quantitative estimate of drug-likeness (QED) is 0.434. The second-order valence-electron chi connectivity index (χ2n) is 11.1. The van der Waals surface area contributed by atoms with Crippen molar-refractivity contribution in [3.63, 3.8) is 0 Å². The summed E-state index contributed by atoms with van der Waals surface area (Å²) < 4.78 is 1.79. The Morgan fingerprint density at radius 1 is 1.00 bits per heavy atom. The smallest absolute Gasteiger partial charge is 0.314 e. The van der Waals surface area contributed by atoms with Crippen LogP contribution in [-0.4, -0.2) is 76.3 Å². The molecule has 0 atom stereocenters. The van der Waals surface area contributed by atoms with Crippen LogP contribution in [0, 0.1) is 17.2 Å². The van der Waals surface area contributed by atoms with E-state index in [1.165, 1.54) is 11.3 Å². The number of hydrogen-bond acceptors (Lipinski definition) is 6. The van der Waals surface area contributed by atoms with Gasteiger partial charge in [-0.3, -0.25) is 19.7 Å². The number of amides is 5. The lowest BCUT2D eigenvalue weighted by Gasteiger charge is -2.33. The molecule has 2 aliphatic rings. The summed E-state index contributed by atoms with van der Waals surface area (Å²) in [7, 11) is 1.78. The van der Waals surface area contributed by atoms with Crippen LogP contribution in [0.5, 0.6) is 0 Å². The standard InChI is InChI=1S/C31H36N8O4/c1-36(29(42)23-5-3-2-4-6-23)24-11-12-26-25(19-24)34-31(35-28(41)22-9-7-21(20-32)8-10-22)39(26)14-13-27(40)37-15-17-38(18-16-37)30(33)43/h7-12,19,23H,2-6,13-18H2,1H3,(H2,33,43)(H,34,35,41). The Bertz CT molecular complexity index is 1560. The molecular weight excluding hydrogens is 548 g/mol. The minimum Gasteiger partial charge on any atom is -0.351 e. The van der Waals surface area contributed by atoms with Crippen molar-refractivity contribution in [3.8, 4) is 6.07 Å². The predicted octanol–water partition coefficient (Wildman–Crippen LogP) is 3.32. The number of carbonyl (C=O) groups is 4. The van der Waals surface area contributed by atoms with E-state index < -0.39 is 11.9 Å². The number of rotatable bonds is 7. The average Bonchev–Trinajstić information content (AvgIpc) is 3.39. The van der Waals surface area contributed by atoms with E-state index in [-0.39, 0.29) is 36.6 Å². The van der Waals surface area contributed by atoms with Gasteiger partial charge in [-0.25, -0.2) is 9.78 Å². The van der Waals surface area contributed by atoms with Crippen molar-refractivity contribution >= 4 is 46.4 Å². The van der Waals surface area contributed by atoms with E-state index >= 15 is 0 Å². The maximum Gasteiger partial charge on any atom is 0.314 e. The molecule has 1 aliphatic heterocycles. The van der Waals surface area contributed by atoms with Gasteiger partial charge >= 0.3 is 6.03 Å². The van der Waals surface area contributed by atoms with Crippen LogP contribution in [0.3, 0.4) is 0 Å². The van der Waals surface area contributed by atoms with Gasteiger partial charge in [0.2, 0.25) is 17.8 Å². The second-order valence-corrected chi connectivity index (χ2v) is 11.1. The molecule has 1 saturated carbocycles. The molecule has 0 radical (unpaired) electrons. The van der Waals surface area contributed by atoms with Crippen molar-refractivity contribution in [2.45, 2.75) is 45.1 Å². The fraction of sp³-hybridized carbons (Fsp3) is 0.419. The number of carbonyl (C=O) groups excluding carboxylic acids is 4. The number of piperazine rings is 1. The molecule has 2 heterocycles. The molecule has 224 valence electrons. The van der Waals surface area contributed by atoms with Crippen molar-refractivity contribution in [1.82, 2.24) is 19.4 Å². The zero-order chi connectivity index (χ0) is 30.5. The van der Waals surface area contributed by atoms with Gasteiger partial charge in [0.15, 0.2) is 0 Å². The summed E-state index contributed by atoms with van der Waals surface area (Å²) in [6.07, 6.45) is 5.25. The van der Waals surface area contributed by atoms with Crippen LogP contribution in [0.1, 0.15) is 54.4 Å². The maximum atomic E-state index is 13.2. The van der Waals surface area contributed by atoms with Crippen LogP contribution in [0.25, 0.3) is 11.0 Å². The number of hydrogen-bond donors (Lipinski definition) is 2. The summed E-state index contributed by atoms with van der Waals surface area (Å²) in [4.78, 5) is 60.5. The van der Waals surface area contributed by atoms with Gasteiger partial charge in [-0.1, -0.05) is 19.3 Å². The SMILES string of the molecule is CN(C(=O)C1CCCCC1)c1ccc2c(c1)nc(NC(=O)c1ccc(C#N)cc1)n2CCC(=O)N1CCN(C(N)=O)CC1. The Balaban J connectivity index is 1.38. The van der Waals surface area contributed by atoms with Gasteiger partial charge in [-0.05, 0) is 55.3 Å². The van der Waals surface area contributed by atoms with Crippen LogP contribution >= 0.6 is 0 Å². The number of fused-ring (bicyclic) bond motifs is 1. The van der Waals surface area contributed by atoms with Crippen molar-refractivity contribution in [3.05, 3.63) is 53.6 Å². The Kier molecular flexibility index (Phi) is 8.90. The van der Waals surface area contributed by atoms with Gasteiger partial charge in [-0.2, -0.15) is 5.26 Å². The van der Waals surface area contributed by atoms with Crippen molar-refractivity contribution in [2.24, 2.45) is 11.7 Å². The Morgan fingerprint density at radius 3 is 2.33 bits per heavy atom. The molecule has 1 aromatic heterocycles. The fourth-order valence-corrected chi connectivity index (χ4v) is 5.81. The summed E-state index contributed by atoms with van der Waals surface area (Å²) >= 11 is 0. The molecule has 0 unspecified atom stereocenters. The molecule has 2 aromatic carbocycles. The summed E-state index contributed by atoms with van der Waals surface area (Å²) in [5, 5.41) is 11.9. The highest BCUT2D eigenvalue weighted by molar-refractivity contribution is 6.04. The zero-order valence-electron chi connectivity index (χ0n) is 24.3. The summed E-state index contributed by atoms with van der Waals surface area (Å²) in [5.41, 5.74) is 8.17. The molecule has 1 saturated heterocycles. The van der Waals surface area contributed by atoms with Gasteiger partial charge in [0.1, 0.15) is 0 Å². The summed E-state index contributed by atoms with van der Waals surface area (Å²) in [6.45, 7) is 1.83. The minimum atomic E-state index is -0.495. The van der Waals surface area contributed by atoms with Crippen LogP contribution in [0.2, 0.25) is 0 Å². The van der Waals surface area contributed by atoms with Crippen molar-refractivity contribution in [2.75, 3.05) is 43.4 Å². The molecule has 3 N–H and O–H groups in total. The third-order valence-electron chi connectivity index (χ3n) is 8.40. The first-order valence-corrected chi connectivity index (χ1v) is 14.7. The van der Waals surface area contributed by atoms with E-state index in [1.54, 1.807) is 45.7 Å². The molecule has 0 bridgehead atoms. The van der Waals surface area contributed by atoms with E-state index in [1.807, 2.05) is 24.3 Å². The van der Waals surface area contributed by atoms with E-state index in [4.69, 9.17) is 16.0 Å². The largest absolute Gasteiger partial charge is 0.351 e. The highest BCUT2D eigenvalue weighted by Gasteiger charge is 2.26. The molecule has 0 spiro atoms. The number of primary amides is 1. The number of anilines is 2. The molecule has 3 aromatic rings. The fourth-order valence-electron chi connectivity index (χ4n) is 5.81. The van der Waals surface area contributed by atoms with Crippen molar-refractivity contribution < 1.29 is 19.2 Å². The molecule has 12 heteroatoms. The minimum absolute atomic E-state index is 0.0186. The third-order valence-corrected chi connectivity index (χ3v) is 8.40. The lowest BCUT2D eigenvalue weighted by molar-refractivity contribution is -0.132. The number of benzene rings is 2. The topological polar surface area (TPSA) is 158 Å². The molecule has 43 heavy (non-hydrogen) atoms. The number of urea groups is 1. The van der Waals surface area contributed by atoms with E-state index in [0.29, 0.717) is 54.0 Å². The van der Waals surface area contributed by atoms with Gasteiger partial charge in [0, 0.05) is 63.4 Å². The van der Waals surface area contributed by atoms with Crippen molar-refractivity contribution in [1.29, 1.82) is 5.26 Å². The molecular formula is C31H36N8O4. The molecule has 5 rings (SSSR count). The highest BCUT2D eigenvalue weighted by Crippen LogP contribution is 2.30. The lowest BCUT2D eigenvalue weighted by atomic mass is 9.88. The predicted molar refractivity (Wildman–Crippen MR) is 161 cm³/mol. The first-order valence-electron chi connectivity index (χ1n) is 14.7. The van der Waals surface area contributed by atoms with Crippen LogP contribution < -0.4 is 16.0 Å². The number of imidazole rings is 1. The van der Waals surface area contributed by atoms with Gasteiger partial charge in [0.05, 0.1) is 22.7 Å². The first-order chi connectivity index (χ1) is 20.7. The average molecular weight is 585 g/mol. The Hall–Kier alpha value is -4.92. The first kappa shape index (κ1) is 29.6. The lowest BCUT2D eigenvalue weighted by Crippen LogP contribution is -2.52. The summed E-state index contributed by atoms with van der Waals surface area (Å²) in [5.74, 6) is -0.0985. The van der Waals surface area contributed by atoms with Gasteiger partial charge in [-0.15, -0.1) is 0 Å². The monoisotopic (exact) mass is 584 g/mol. The third kappa shape index (κ3) is 6.61. The number of nitrogens with two attached hydrogens (primary N) is 1. The molecule has 2 fully saturated rings. The maximum absolute atomic E-state index is 13.2. The van der Waals surface area contributed by atoms with E-state index in [9.17, 15) is 19.2 Å².